The highest BCUT2D eigenvalue weighted by molar-refractivity contribution is 6.04. The number of nitrogens with one attached hydrogen (secondary N) is 1. The van der Waals surface area contributed by atoms with Gasteiger partial charge in [0.2, 0.25) is 24.1 Å². The molecule has 5 rings (SSSR count). The van der Waals surface area contributed by atoms with Gasteiger partial charge in [-0.25, -0.2) is 0 Å². The molecule has 0 unspecified atom stereocenters. The van der Waals surface area contributed by atoms with Crippen molar-refractivity contribution >= 4 is 11.6 Å². The molecule has 0 saturated heterocycles. The van der Waals surface area contributed by atoms with E-state index in [1.807, 2.05) is 37.3 Å². The van der Waals surface area contributed by atoms with Crippen molar-refractivity contribution in [1.82, 2.24) is 20.4 Å². The second-order valence-electron chi connectivity index (χ2n) is 7.13. The Morgan fingerprint density at radius 1 is 0.781 bits per heavy atom. The number of rotatable bonds is 5. The van der Waals surface area contributed by atoms with Crippen molar-refractivity contribution in [3.63, 3.8) is 0 Å². The third-order valence-electron chi connectivity index (χ3n) is 4.84. The molecule has 0 spiro atoms. The van der Waals surface area contributed by atoms with Crippen molar-refractivity contribution in [2.45, 2.75) is 6.92 Å². The standard InChI is InChI=1S/C24H17N5O3/c1-15-5-7-17(8-6-15)23-28-29-24(32-23)18-11-9-16(10-12-18)21(30)26-20-4-2-3-19(13-20)22-27-25-14-31-22/h2-14H,1H3,(H,26,30). The van der Waals surface area contributed by atoms with Crippen LogP contribution in [-0.4, -0.2) is 26.3 Å². The monoisotopic (exact) mass is 423 g/mol. The van der Waals surface area contributed by atoms with Gasteiger partial charge in [0, 0.05) is 27.9 Å². The maximum atomic E-state index is 12.7. The lowest BCUT2D eigenvalue weighted by Gasteiger charge is -2.06. The van der Waals surface area contributed by atoms with E-state index in [9.17, 15) is 4.79 Å². The Morgan fingerprint density at radius 3 is 2.12 bits per heavy atom. The van der Waals surface area contributed by atoms with Gasteiger partial charge in [0.05, 0.1) is 0 Å². The molecule has 8 nitrogen and oxygen atoms in total. The molecule has 156 valence electrons. The van der Waals surface area contributed by atoms with E-state index in [1.165, 1.54) is 6.39 Å². The molecule has 0 saturated carbocycles. The largest absolute Gasteiger partial charge is 0.423 e. The minimum absolute atomic E-state index is 0.245. The average Bonchev–Trinajstić information content (AvgIpc) is 3.53. The van der Waals surface area contributed by atoms with Gasteiger partial charge in [-0.3, -0.25) is 4.79 Å². The second-order valence-corrected chi connectivity index (χ2v) is 7.13. The number of benzene rings is 3. The number of anilines is 1. The molecule has 0 fully saturated rings. The first kappa shape index (κ1) is 19.4. The first-order valence-corrected chi connectivity index (χ1v) is 9.85. The van der Waals surface area contributed by atoms with Gasteiger partial charge < -0.3 is 14.2 Å². The van der Waals surface area contributed by atoms with Crippen LogP contribution in [0.1, 0.15) is 15.9 Å². The molecule has 5 aromatic rings. The molecule has 0 aliphatic rings. The van der Waals surface area contributed by atoms with Gasteiger partial charge in [0.1, 0.15) is 0 Å². The second kappa shape index (κ2) is 8.27. The third kappa shape index (κ3) is 4.01. The van der Waals surface area contributed by atoms with Crippen LogP contribution >= 0.6 is 0 Å². The van der Waals surface area contributed by atoms with Crippen LogP contribution in [0.2, 0.25) is 0 Å². The lowest BCUT2D eigenvalue weighted by Crippen LogP contribution is -2.11. The van der Waals surface area contributed by atoms with Crippen LogP contribution in [0.5, 0.6) is 0 Å². The number of nitrogens with zero attached hydrogens (tertiary/aromatic N) is 4. The van der Waals surface area contributed by atoms with Crippen LogP contribution in [0, 0.1) is 6.92 Å². The molecule has 1 N–H and O–H groups in total. The van der Waals surface area contributed by atoms with Gasteiger partial charge >= 0.3 is 0 Å². The topological polar surface area (TPSA) is 107 Å². The minimum Gasteiger partial charge on any atom is -0.423 e. The molecule has 2 aromatic heterocycles. The van der Waals surface area contributed by atoms with E-state index in [0.717, 1.165) is 22.3 Å². The summed E-state index contributed by atoms with van der Waals surface area (Å²) < 4.78 is 11.0. The summed E-state index contributed by atoms with van der Waals surface area (Å²) in [7, 11) is 0. The van der Waals surface area contributed by atoms with E-state index >= 15 is 0 Å². The number of carbonyl (C=O) groups excluding carboxylic acids is 1. The molecule has 0 aliphatic heterocycles. The van der Waals surface area contributed by atoms with E-state index in [1.54, 1.807) is 42.5 Å². The number of aromatic nitrogens is 4. The fourth-order valence-electron chi connectivity index (χ4n) is 3.15. The fourth-order valence-corrected chi connectivity index (χ4v) is 3.15. The Hall–Kier alpha value is -4.59. The van der Waals surface area contributed by atoms with Crippen molar-refractivity contribution in [3.8, 4) is 34.4 Å². The van der Waals surface area contributed by atoms with Crippen molar-refractivity contribution in [1.29, 1.82) is 0 Å². The summed E-state index contributed by atoms with van der Waals surface area (Å²) in [6.45, 7) is 2.02. The SMILES string of the molecule is Cc1ccc(-c2nnc(-c3ccc(C(=O)Nc4cccc(-c5nnco5)c4)cc3)o2)cc1. The van der Waals surface area contributed by atoms with Crippen molar-refractivity contribution in [2.24, 2.45) is 0 Å². The Morgan fingerprint density at radius 2 is 1.47 bits per heavy atom. The first-order chi connectivity index (χ1) is 15.7. The predicted octanol–water partition coefficient (Wildman–Crippen LogP) is 5.01. The highest BCUT2D eigenvalue weighted by Crippen LogP contribution is 2.25. The van der Waals surface area contributed by atoms with Crippen LogP contribution in [0.3, 0.4) is 0 Å². The maximum absolute atomic E-state index is 12.7. The summed E-state index contributed by atoms with van der Waals surface area (Å²) in [4.78, 5) is 12.7. The van der Waals surface area contributed by atoms with Gasteiger partial charge in [0.15, 0.2) is 0 Å². The van der Waals surface area contributed by atoms with E-state index in [2.05, 4.69) is 25.7 Å². The Bertz CT molecular complexity index is 1360. The number of carbonyl (C=O) groups is 1. The molecule has 0 radical (unpaired) electrons. The predicted molar refractivity (Wildman–Crippen MR) is 118 cm³/mol. The van der Waals surface area contributed by atoms with Crippen molar-refractivity contribution in [2.75, 3.05) is 5.32 Å². The van der Waals surface area contributed by atoms with Crippen LogP contribution in [0.25, 0.3) is 34.4 Å². The lowest BCUT2D eigenvalue weighted by molar-refractivity contribution is 0.102. The van der Waals surface area contributed by atoms with Crippen molar-refractivity contribution in [3.05, 3.63) is 90.3 Å². The van der Waals surface area contributed by atoms with Crippen molar-refractivity contribution < 1.29 is 13.6 Å². The molecule has 0 bridgehead atoms. The molecular weight excluding hydrogens is 406 g/mol. The van der Waals surface area contributed by atoms with E-state index in [0.29, 0.717) is 28.9 Å². The highest BCUT2D eigenvalue weighted by Gasteiger charge is 2.13. The maximum Gasteiger partial charge on any atom is 0.255 e. The summed E-state index contributed by atoms with van der Waals surface area (Å²) in [5, 5.41) is 18.7. The third-order valence-corrected chi connectivity index (χ3v) is 4.84. The Balaban J connectivity index is 1.30. The molecule has 3 aromatic carbocycles. The number of amides is 1. The van der Waals surface area contributed by atoms with Crippen LogP contribution in [0.4, 0.5) is 5.69 Å². The first-order valence-electron chi connectivity index (χ1n) is 9.85. The molecule has 0 aliphatic carbocycles. The van der Waals surface area contributed by atoms with Gasteiger partial charge in [-0.05, 0) is 61.5 Å². The summed E-state index contributed by atoms with van der Waals surface area (Å²) in [5.74, 6) is 0.975. The summed E-state index contributed by atoms with van der Waals surface area (Å²) in [6, 6.07) is 22.0. The number of hydrogen-bond donors (Lipinski definition) is 1. The number of aryl methyl sites for hydroxylation is 1. The Labute approximate surface area is 183 Å². The zero-order chi connectivity index (χ0) is 21.9. The van der Waals surface area contributed by atoms with E-state index in [-0.39, 0.29) is 5.91 Å². The smallest absolute Gasteiger partial charge is 0.255 e. The summed E-state index contributed by atoms with van der Waals surface area (Å²) in [6.07, 6.45) is 1.26. The molecule has 0 atom stereocenters. The average molecular weight is 423 g/mol. The fraction of sp³-hybridized carbons (Fsp3) is 0.0417. The van der Waals surface area contributed by atoms with E-state index in [4.69, 9.17) is 8.83 Å². The van der Waals surface area contributed by atoms with Gasteiger partial charge in [-0.1, -0.05) is 23.8 Å². The van der Waals surface area contributed by atoms with E-state index < -0.39 is 0 Å². The normalized spacial score (nSPS) is 10.8. The highest BCUT2D eigenvalue weighted by atomic mass is 16.4. The van der Waals surface area contributed by atoms with Crippen LogP contribution in [-0.2, 0) is 0 Å². The molecule has 1 amide bonds. The minimum atomic E-state index is -0.245. The zero-order valence-electron chi connectivity index (χ0n) is 17.0. The van der Waals surface area contributed by atoms with Gasteiger partial charge in [-0.15, -0.1) is 20.4 Å². The van der Waals surface area contributed by atoms with Crippen LogP contribution in [0.15, 0.2) is 88.0 Å². The quantitative estimate of drug-likeness (QED) is 0.423. The Kier molecular flexibility index (Phi) is 5.01. The summed E-state index contributed by atoms with van der Waals surface area (Å²) >= 11 is 0. The zero-order valence-corrected chi connectivity index (χ0v) is 17.0. The molecule has 8 heteroatoms. The van der Waals surface area contributed by atoms with Gasteiger partial charge in [0.25, 0.3) is 5.91 Å². The molecular formula is C24H17N5O3. The molecule has 32 heavy (non-hydrogen) atoms. The number of hydrogen-bond acceptors (Lipinski definition) is 7. The van der Waals surface area contributed by atoms with Crippen LogP contribution < -0.4 is 5.32 Å². The van der Waals surface area contributed by atoms with Gasteiger partial charge in [-0.2, -0.15) is 0 Å². The molecule has 2 heterocycles. The summed E-state index contributed by atoms with van der Waals surface area (Å²) in [5.41, 5.74) is 4.57. The lowest BCUT2D eigenvalue weighted by atomic mass is 10.1.